The van der Waals surface area contributed by atoms with Crippen LogP contribution in [0.15, 0.2) is 17.4 Å². The standard InChI is InChI=1S/C5H4N2OS.Rb/c8-3-4-1-2-6-5(9)7-4;/h1-3H,(H,6,7,9);/q;+1/p-1. The number of nitrogens with zero attached hydrogens (tertiary/aromatic N) is 2. The van der Waals surface area contributed by atoms with E-state index in [2.05, 4.69) is 22.6 Å². The molecule has 0 fully saturated rings. The predicted molar refractivity (Wildman–Crippen MR) is 33.1 cm³/mol. The molecule has 46 valence electrons. The molecule has 3 nitrogen and oxygen atoms in total. The first-order valence-electron chi connectivity index (χ1n) is 2.28. The van der Waals surface area contributed by atoms with Gasteiger partial charge in [0.05, 0.1) is 0 Å². The third kappa shape index (κ3) is 3.25. The molecule has 0 aromatic carbocycles. The molecule has 0 aliphatic carbocycles. The Hall–Kier alpha value is 0.775. The van der Waals surface area contributed by atoms with E-state index in [-0.39, 0.29) is 63.3 Å². The topological polar surface area (TPSA) is 42.9 Å². The average Bonchev–Trinajstić information content (AvgIpc) is 1.88. The van der Waals surface area contributed by atoms with Crippen LogP contribution in [-0.4, -0.2) is 16.3 Å². The number of hydrogen-bond donors (Lipinski definition) is 0. The summed E-state index contributed by atoms with van der Waals surface area (Å²) < 4.78 is 0. The van der Waals surface area contributed by atoms with E-state index >= 15 is 0 Å². The largest absolute Gasteiger partial charge is 1.00 e. The Balaban J connectivity index is 0.000000810. The van der Waals surface area contributed by atoms with Crippen molar-refractivity contribution in [2.75, 3.05) is 0 Å². The SMILES string of the molecule is O=Cc1ccnc([S-])n1.[Rb+]. The van der Waals surface area contributed by atoms with Crippen LogP contribution in [0, 0.1) is 0 Å². The van der Waals surface area contributed by atoms with Gasteiger partial charge in [-0.3, -0.25) is 14.8 Å². The summed E-state index contributed by atoms with van der Waals surface area (Å²) in [6.45, 7) is 0. The maximum absolute atomic E-state index is 10.0. The van der Waals surface area contributed by atoms with Gasteiger partial charge in [-0.1, -0.05) is 0 Å². The van der Waals surface area contributed by atoms with Gasteiger partial charge in [0.1, 0.15) is 5.69 Å². The van der Waals surface area contributed by atoms with Crippen molar-refractivity contribution in [2.24, 2.45) is 0 Å². The van der Waals surface area contributed by atoms with Gasteiger partial charge in [-0.15, -0.1) is 0 Å². The summed E-state index contributed by atoms with van der Waals surface area (Å²) >= 11 is 4.58. The molecule has 0 N–H and O–H groups in total. The number of hydrogen-bond acceptors (Lipinski definition) is 4. The van der Waals surface area contributed by atoms with Crippen LogP contribution in [0.5, 0.6) is 0 Å². The van der Waals surface area contributed by atoms with E-state index in [0.717, 1.165) is 0 Å². The Kier molecular flexibility index (Phi) is 5.85. The maximum Gasteiger partial charge on any atom is 1.00 e. The second-order valence-corrected chi connectivity index (χ2v) is 1.75. The Labute approximate surface area is 113 Å². The monoisotopic (exact) mass is 224 g/mol. The number of carbonyl (C=O) groups is 1. The molecule has 0 spiro atoms. The van der Waals surface area contributed by atoms with E-state index in [0.29, 0.717) is 12.0 Å². The predicted octanol–water partition coefficient (Wildman–Crippen LogP) is -2.80. The van der Waals surface area contributed by atoms with Gasteiger partial charge in [0.2, 0.25) is 0 Å². The molecule has 1 rings (SSSR count). The summed E-state index contributed by atoms with van der Waals surface area (Å²) in [5.74, 6) is 0. The molecule has 1 heterocycles. The second kappa shape index (κ2) is 5.43. The molecule has 0 unspecified atom stereocenters. The summed E-state index contributed by atoms with van der Waals surface area (Å²) in [6.07, 6.45) is 2.09. The Morgan fingerprint density at radius 3 is 2.70 bits per heavy atom. The molecule has 10 heavy (non-hydrogen) atoms. The van der Waals surface area contributed by atoms with Crippen LogP contribution in [0.1, 0.15) is 10.5 Å². The zero-order chi connectivity index (χ0) is 6.69. The zero-order valence-corrected chi connectivity index (χ0v) is 11.2. The summed E-state index contributed by atoms with van der Waals surface area (Å²) in [4.78, 5) is 17.3. The average molecular weight is 225 g/mol. The van der Waals surface area contributed by atoms with E-state index in [9.17, 15) is 4.79 Å². The normalized spacial score (nSPS) is 8.00. The van der Waals surface area contributed by atoms with Crippen molar-refractivity contribution in [1.29, 1.82) is 0 Å². The van der Waals surface area contributed by atoms with Gasteiger partial charge < -0.3 is 12.6 Å². The molecular weight excluding hydrogens is 222 g/mol. The van der Waals surface area contributed by atoms with Gasteiger partial charge in [-0.2, -0.15) is 0 Å². The van der Waals surface area contributed by atoms with Crippen molar-refractivity contribution < 1.29 is 63.0 Å². The van der Waals surface area contributed by atoms with E-state index < -0.39 is 0 Å². The van der Waals surface area contributed by atoms with Crippen molar-refractivity contribution in [2.45, 2.75) is 5.16 Å². The molecule has 0 atom stereocenters. The minimum Gasteiger partial charge on any atom is -0.740 e. The number of carbonyl (C=O) groups excluding carboxylic acids is 1. The molecule has 1 aromatic heterocycles. The van der Waals surface area contributed by atoms with Crippen molar-refractivity contribution in [3.8, 4) is 0 Å². The van der Waals surface area contributed by atoms with Gasteiger partial charge >= 0.3 is 58.2 Å². The third-order valence-corrected chi connectivity index (χ3v) is 0.972. The van der Waals surface area contributed by atoms with Gasteiger partial charge in [0.25, 0.3) is 0 Å². The maximum atomic E-state index is 10.0. The molecule has 0 bridgehead atoms. The summed E-state index contributed by atoms with van der Waals surface area (Å²) in [6, 6.07) is 1.50. The van der Waals surface area contributed by atoms with Crippen molar-refractivity contribution in [3.05, 3.63) is 18.0 Å². The van der Waals surface area contributed by atoms with Gasteiger partial charge in [-0.25, -0.2) is 0 Å². The second-order valence-electron chi connectivity index (χ2n) is 1.38. The van der Waals surface area contributed by atoms with Crippen molar-refractivity contribution in [3.63, 3.8) is 0 Å². The van der Waals surface area contributed by atoms with Gasteiger partial charge in [0.15, 0.2) is 6.29 Å². The van der Waals surface area contributed by atoms with Crippen LogP contribution in [0.3, 0.4) is 0 Å². The summed E-state index contributed by atoms with van der Waals surface area (Å²) in [7, 11) is 0. The fourth-order valence-electron chi connectivity index (χ4n) is 0.420. The number of rotatable bonds is 1. The molecule has 0 aliphatic heterocycles. The van der Waals surface area contributed by atoms with Crippen LogP contribution in [0.2, 0.25) is 0 Å². The van der Waals surface area contributed by atoms with E-state index in [1.165, 1.54) is 12.3 Å². The molecule has 0 radical (unpaired) electrons. The molecule has 1 aromatic rings. The fourth-order valence-corrected chi connectivity index (χ4v) is 0.586. The van der Waals surface area contributed by atoms with Crippen LogP contribution in [0.4, 0.5) is 0 Å². The van der Waals surface area contributed by atoms with Gasteiger partial charge in [0, 0.05) is 11.4 Å². The fraction of sp³-hybridized carbons (Fsp3) is 0. The number of aldehydes is 1. The smallest absolute Gasteiger partial charge is 0.740 e. The molecule has 0 amide bonds. The van der Waals surface area contributed by atoms with E-state index in [1.807, 2.05) is 0 Å². The van der Waals surface area contributed by atoms with Gasteiger partial charge in [-0.05, 0) is 6.07 Å². The van der Waals surface area contributed by atoms with Crippen LogP contribution < -0.4 is 58.2 Å². The summed E-state index contributed by atoms with van der Waals surface area (Å²) in [5.41, 5.74) is 0.329. The summed E-state index contributed by atoms with van der Waals surface area (Å²) in [5, 5.41) is 0.208. The first kappa shape index (κ1) is 10.8. The zero-order valence-electron chi connectivity index (χ0n) is 5.44. The molecule has 0 saturated heterocycles. The minimum atomic E-state index is 0. The molecule has 5 heteroatoms. The van der Waals surface area contributed by atoms with Crippen LogP contribution in [-0.2, 0) is 12.6 Å². The van der Waals surface area contributed by atoms with Crippen molar-refractivity contribution in [1.82, 2.24) is 9.97 Å². The van der Waals surface area contributed by atoms with E-state index in [4.69, 9.17) is 0 Å². The molecular formula is C5H3N2ORbS. The van der Waals surface area contributed by atoms with Crippen LogP contribution in [0.25, 0.3) is 0 Å². The van der Waals surface area contributed by atoms with Crippen molar-refractivity contribution >= 4 is 18.9 Å². The van der Waals surface area contributed by atoms with E-state index in [1.54, 1.807) is 0 Å². The first-order valence-corrected chi connectivity index (χ1v) is 2.69. The number of aromatic nitrogens is 2. The first-order chi connectivity index (χ1) is 4.33. The Bertz CT molecular complexity index is 231. The Morgan fingerprint density at radius 2 is 2.30 bits per heavy atom. The Morgan fingerprint density at radius 1 is 1.60 bits per heavy atom. The van der Waals surface area contributed by atoms with Crippen LogP contribution >= 0.6 is 0 Å². The minimum absolute atomic E-state index is 0. The molecule has 0 saturated carbocycles. The molecule has 0 aliphatic rings. The third-order valence-electron chi connectivity index (χ3n) is 0.776. The quantitative estimate of drug-likeness (QED) is 0.294.